The molecule has 3 amide bonds. The van der Waals surface area contributed by atoms with Gasteiger partial charge in [0.15, 0.2) is 0 Å². The number of hydroxylamine groups is 1. The molecule has 3 atom stereocenters. The number of urea groups is 1. The number of nitrogens with zero attached hydrogens (tertiary/aromatic N) is 2. The lowest BCUT2D eigenvalue weighted by atomic mass is 10.00. The zero-order valence-corrected chi connectivity index (χ0v) is 16.5. The number of hydrogen-bond acceptors (Lipinski definition) is 4. The van der Waals surface area contributed by atoms with Crippen molar-refractivity contribution in [2.75, 3.05) is 7.05 Å². The van der Waals surface area contributed by atoms with Crippen LogP contribution in [-0.4, -0.2) is 40.9 Å². The molecule has 6 heteroatoms. The van der Waals surface area contributed by atoms with E-state index in [9.17, 15) is 9.59 Å². The summed E-state index contributed by atoms with van der Waals surface area (Å²) >= 11 is 0. The second-order valence-corrected chi connectivity index (χ2v) is 7.25. The minimum Gasteiger partial charge on any atom is -0.322 e. The van der Waals surface area contributed by atoms with Crippen molar-refractivity contribution < 1.29 is 14.4 Å². The smallest absolute Gasteiger partial charge is 0.322 e. The predicted octanol–water partition coefficient (Wildman–Crippen LogP) is 3.51. The van der Waals surface area contributed by atoms with E-state index in [1.165, 1.54) is 4.90 Å². The Labute approximate surface area is 166 Å². The molecule has 1 fully saturated rings. The van der Waals surface area contributed by atoms with Crippen LogP contribution in [0.15, 0.2) is 60.7 Å². The summed E-state index contributed by atoms with van der Waals surface area (Å²) in [6, 6.07) is 18.6. The molecule has 1 N–H and O–H groups in total. The largest absolute Gasteiger partial charge is 0.327 e. The van der Waals surface area contributed by atoms with Gasteiger partial charge >= 0.3 is 6.03 Å². The second-order valence-electron chi connectivity index (χ2n) is 7.25. The normalized spacial score (nSPS) is 20.5. The van der Waals surface area contributed by atoms with Gasteiger partial charge in [-0.1, -0.05) is 60.7 Å². The summed E-state index contributed by atoms with van der Waals surface area (Å²) in [5, 5.41) is 0. The molecule has 1 saturated heterocycles. The molecular weight excluding hydrogens is 354 g/mol. The first kappa shape index (κ1) is 20.0. The van der Waals surface area contributed by atoms with Gasteiger partial charge in [-0.3, -0.25) is 14.5 Å². The molecule has 0 saturated carbocycles. The van der Waals surface area contributed by atoms with Gasteiger partial charge in [0.1, 0.15) is 0 Å². The van der Waals surface area contributed by atoms with Crippen LogP contribution in [0, 0.1) is 0 Å². The standard InChI is InChI=1S/C22H27N3O3/c1-16(23-28-15-18-10-6-4-7-11-18)14-20(26)25-21(17(2)24(3)22(25)27)19-12-8-5-9-13-19/h4-13,16-17,21,23H,14-15H2,1-3H3/t16-,17-,21-/m0/s1. The van der Waals surface area contributed by atoms with Crippen LogP contribution in [0.5, 0.6) is 0 Å². The lowest BCUT2D eigenvalue weighted by molar-refractivity contribution is -0.131. The first-order valence-electron chi connectivity index (χ1n) is 9.54. The summed E-state index contributed by atoms with van der Waals surface area (Å²) < 4.78 is 0. The Bertz CT molecular complexity index is 797. The van der Waals surface area contributed by atoms with Crippen LogP contribution >= 0.6 is 0 Å². The fourth-order valence-electron chi connectivity index (χ4n) is 3.47. The van der Waals surface area contributed by atoms with E-state index in [4.69, 9.17) is 4.84 Å². The fourth-order valence-corrected chi connectivity index (χ4v) is 3.47. The Morgan fingerprint density at radius 2 is 1.71 bits per heavy atom. The molecule has 2 aromatic rings. The van der Waals surface area contributed by atoms with Gasteiger partial charge in [-0.25, -0.2) is 4.79 Å². The molecule has 1 aliphatic rings. The van der Waals surface area contributed by atoms with E-state index in [1.807, 2.05) is 74.5 Å². The number of imide groups is 1. The van der Waals surface area contributed by atoms with Crippen LogP contribution in [0.1, 0.15) is 37.4 Å². The first-order chi connectivity index (χ1) is 13.5. The number of nitrogens with one attached hydrogen (secondary N) is 1. The minimum atomic E-state index is -0.288. The summed E-state index contributed by atoms with van der Waals surface area (Å²) in [6.45, 7) is 4.25. The Hall–Kier alpha value is -2.70. The highest BCUT2D eigenvalue weighted by molar-refractivity contribution is 5.97. The van der Waals surface area contributed by atoms with E-state index in [1.54, 1.807) is 11.9 Å². The Morgan fingerprint density at radius 3 is 2.36 bits per heavy atom. The third kappa shape index (κ3) is 4.40. The molecule has 2 aromatic carbocycles. The number of amides is 3. The third-order valence-electron chi connectivity index (χ3n) is 5.11. The average molecular weight is 381 g/mol. The van der Waals surface area contributed by atoms with E-state index in [0.29, 0.717) is 6.61 Å². The molecule has 0 aromatic heterocycles. The predicted molar refractivity (Wildman–Crippen MR) is 107 cm³/mol. The molecule has 1 aliphatic heterocycles. The lowest BCUT2D eigenvalue weighted by Crippen LogP contribution is -2.40. The number of rotatable bonds is 7. The first-order valence-corrected chi connectivity index (χ1v) is 9.54. The van der Waals surface area contributed by atoms with Crippen LogP contribution in [0.25, 0.3) is 0 Å². The van der Waals surface area contributed by atoms with Crippen LogP contribution in [-0.2, 0) is 16.2 Å². The molecule has 28 heavy (non-hydrogen) atoms. The lowest BCUT2D eigenvalue weighted by Gasteiger charge is -2.25. The van der Waals surface area contributed by atoms with E-state index in [0.717, 1.165) is 11.1 Å². The fraction of sp³-hybridized carbons (Fsp3) is 0.364. The van der Waals surface area contributed by atoms with Crippen molar-refractivity contribution in [2.24, 2.45) is 0 Å². The second kappa shape index (κ2) is 8.99. The Kier molecular flexibility index (Phi) is 6.44. The third-order valence-corrected chi connectivity index (χ3v) is 5.11. The van der Waals surface area contributed by atoms with Gasteiger partial charge < -0.3 is 4.90 Å². The summed E-state index contributed by atoms with van der Waals surface area (Å²) in [5.41, 5.74) is 4.91. The summed E-state index contributed by atoms with van der Waals surface area (Å²) in [6.07, 6.45) is 0.171. The van der Waals surface area contributed by atoms with Gasteiger partial charge in [0, 0.05) is 19.5 Å². The molecular formula is C22H27N3O3. The Balaban J connectivity index is 1.62. The van der Waals surface area contributed by atoms with Crippen molar-refractivity contribution in [2.45, 2.75) is 45.0 Å². The summed E-state index contributed by atoms with van der Waals surface area (Å²) in [4.78, 5) is 34.2. The highest BCUT2D eigenvalue weighted by atomic mass is 16.6. The summed E-state index contributed by atoms with van der Waals surface area (Å²) in [7, 11) is 1.74. The highest BCUT2D eigenvalue weighted by Gasteiger charge is 2.45. The van der Waals surface area contributed by atoms with Crippen molar-refractivity contribution in [3.05, 3.63) is 71.8 Å². The quantitative estimate of drug-likeness (QED) is 0.746. The molecule has 0 spiro atoms. The van der Waals surface area contributed by atoms with Gasteiger partial charge in [-0.15, -0.1) is 0 Å². The van der Waals surface area contributed by atoms with Gasteiger partial charge in [0.2, 0.25) is 5.91 Å². The molecule has 6 nitrogen and oxygen atoms in total. The maximum absolute atomic E-state index is 13.0. The zero-order chi connectivity index (χ0) is 20.1. The van der Waals surface area contributed by atoms with Crippen molar-refractivity contribution >= 4 is 11.9 Å². The minimum absolute atomic E-state index is 0.0866. The molecule has 0 unspecified atom stereocenters. The van der Waals surface area contributed by atoms with E-state index < -0.39 is 0 Å². The number of carbonyl (C=O) groups excluding carboxylic acids is 2. The molecule has 3 rings (SSSR count). The topological polar surface area (TPSA) is 61.9 Å². The molecule has 1 heterocycles. The van der Waals surface area contributed by atoms with Crippen LogP contribution in [0.2, 0.25) is 0 Å². The van der Waals surface area contributed by atoms with Crippen LogP contribution < -0.4 is 5.48 Å². The number of carbonyl (C=O) groups is 2. The Morgan fingerprint density at radius 1 is 1.11 bits per heavy atom. The van der Waals surface area contributed by atoms with E-state index >= 15 is 0 Å². The van der Waals surface area contributed by atoms with Crippen molar-refractivity contribution in [3.63, 3.8) is 0 Å². The molecule has 0 bridgehead atoms. The van der Waals surface area contributed by atoms with Crippen molar-refractivity contribution in [1.29, 1.82) is 0 Å². The van der Waals surface area contributed by atoms with E-state index in [2.05, 4.69) is 5.48 Å². The highest BCUT2D eigenvalue weighted by Crippen LogP contribution is 2.34. The maximum Gasteiger partial charge on any atom is 0.327 e. The zero-order valence-electron chi connectivity index (χ0n) is 16.5. The van der Waals surface area contributed by atoms with Gasteiger partial charge in [0.25, 0.3) is 0 Å². The molecule has 148 valence electrons. The number of likely N-dealkylation sites (N-methyl/N-ethyl adjacent to an activating group) is 1. The van der Waals surface area contributed by atoms with Gasteiger partial charge in [-0.2, -0.15) is 5.48 Å². The van der Waals surface area contributed by atoms with Crippen LogP contribution in [0.4, 0.5) is 4.79 Å². The summed E-state index contributed by atoms with van der Waals surface area (Å²) in [5.74, 6) is -0.210. The van der Waals surface area contributed by atoms with E-state index in [-0.39, 0.29) is 36.5 Å². The monoisotopic (exact) mass is 381 g/mol. The van der Waals surface area contributed by atoms with Gasteiger partial charge in [0.05, 0.1) is 18.7 Å². The average Bonchev–Trinajstić information content (AvgIpc) is 2.93. The van der Waals surface area contributed by atoms with Crippen LogP contribution in [0.3, 0.4) is 0 Å². The number of hydrogen-bond donors (Lipinski definition) is 1. The SMILES string of the molecule is C[C@@H](CC(=O)N1C(=O)N(C)[C@@H](C)[C@H]1c1ccccc1)NOCc1ccccc1. The maximum atomic E-state index is 13.0. The molecule has 0 aliphatic carbocycles. The van der Waals surface area contributed by atoms with Crippen molar-refractivity contribution in [1.82, 2.24) is 15.3 Å². The van der Waals surface area contributed by atoms with Crippen molar-refractivity contribution in [3.8, 4) is 0 Å². The number of benzene rings is 2. The molecule has 0 radical (unpaired) electrons. The van der Waals surface area contributed by atoms with Gasteiger partial charge in [-0.05, 0) is 25.0 Å².